The Labute approximate surface area is 96.5 Å². The number of likely N-dealkylation sites (tertiary alicyclic amines) is 1. The van der Waals surface area contributed by atoms with Crippen LogP contribution in [0, 0.1) is 5.82 Å². The molecule has 88 valence electrons. The molecule has 0 spiro atoms. The fourth-order valence-electron chi connectivity index (χ4n) is 2.36. The normalized spacial score (nSPS) is 21.3. The highest BCUT2D eigenvalue weighted by atomic mass is 19.1. The number of hydrogen-bond donors (Lipinski definition) is 1. The van der Waals surface area contributed by atoms with Crippen molar-refractivity contribution in [1.82, 2.24) is 4.90 Å². The van der Waals surface area contributed by atoms with Crippen LogP contribution < -0.4 is 5.32 Å². The molecule has 1 N–H and O–H groups in total. The molecule has 0 radical (unpaired) electrons. The van der Waals surface area contributed by atoms with Gasteiger partial charge in [-0.15, -0.1) is 0 Å². The van der Waals surface area contributed by atoms with Crippen molar-refractivity contribution in [2.75, 3.05) is 32.0 Å². The second kappa shape index (κ2) is 4.83. The lowest BCUT2D eigenvalue weighted by molar-refractivity contribution is 0.410. The van der Waals surface area contributed by atoms with E-state index in [9.17, 15) is 4.39 Å². The van der Waals surface area contributed by atoms with E-state index in [0.717, 1.165) is 37.3 Å². The fourth-order valence-corrected chi connectivity index (χ4v) is 2.36. The highest BCUT2D eigenvalue weighted by molar-refractivity contribution is 5.47. The molecule has 1 atom stereocenters. The standard InChI is InChI=1S/C13H19FN2/c1-3-15-11-4-5-13(14)12(8-11)10-6-7-16(2)9-10/h4-5,8,10,15H,3,6-7,9H2,1-2H3. The van der Waals surface area contributed by atoms with Crippen LogP contribution in [0.15, 0.2) is 18.2 Å². The second-order valence-corrected chi connectivity index (χ2v) is 4.51. The molecule has 2 nitrogen and oxygen atoms in total. The van der Waals surface area contributed by atoms with Gasteiger partial charge in [0.15, 0.2) is 0 Å². The number of hydrogen-bond acceptors (Lipinski definition) is 2. The molecule has 1 heterocycles. The summed E-state index contributed by atoms with van der Waals surface area (Å²) in [6, 6.07) is 5.34. The molecule has 0 amide bonds. The first-order valence-electron chi connectivity index (χ1n) is 5.92. The van der Waals surface area contributed by atoms with E-state index in [0.29, 0.717) is 5.92 Å². The monoisotopic (exact) mass is 222 g/mol. The summed E-state index contributed by atoms with van der Waals surface area (Å²) in [7, 11) is 2.09. The van der Waals surface area contributed by atoms with E-state index < -0.39 is 0 Å². The largest absolute Gasteiger partial charge is 0.385 e. The first-order chi connectivity index (χ1) is 7.70. The summed E-state index contributed by atoms with van der Waals surface area (Å²) in [6.07, 6.45) is 1.06. The molecule has 1 unspecified atom stereocenters. The van der Waals surface area contributed by atoms with Crippen LogP contribution >= 0.6 is 0 Å². The van der Waals surface area contributed by atoms with Crippen molar-refractivity contribution in [1.29, 1.82) is 0 Å². The van der Waals surface area contributed by atoms with E-state index in [1.54, 1.807) is 12.1 Å². The third kappa shape index (κ3) is 2.35. The van der Waals surface area contributed by atoms with Crippen LogP contribution in [0.25, 0.3) is 0 Å². The third-order valence-electron chi connectivity index (χ3n) is 3.21. The van der Waals surface area contributed by atoms with Crippen molar-refractivity contribution < 1.29 is 4.39 Å². The van der Waals surface area contributed by atoms with Gasteiger partial charge >= 0.3 is 0 Å². The first kappa shape index (κ1) is 11.4. The molecule has 1 aliphatic rings. The van der Waals surface area contributed by atoms with Crippen molar-refractivity contribution >= 4 is 5.69 Å². The minimum absolute atomic E-state index is 0.0676. The molecule has 0 aliphatic carbocycles. The molecule has 0 saturated carbocycles. The molecule has 0 aromatic heterocycles. The van der Waals surface area contributed by atoms with Gasteiger partial charge in [0.05, 0.1) is 0 Å². The lowest BCUT2D eigenvalue weighted by Gasteiger charge is -2.14. The van der Waals surface area contributed by atoms with Crippen molar-refractivity contribution in [2.45, 2.75) is 19.3 Å². The van der Waals surface area contributed by atoms with Gasteiger partial charge in [-0.1, -0.05) is 0 Å². The van der Waals surface area contributed by atoms with Crippen LogP contribution in [-0.2, 0) is 0 Å². The second-order valence-electron chi connectivity index (χ2n) is 4.51. The Balaban J connectivity index is 2.21. The summed E-state index contributed by atoms with van der Waals surface area (Å²) in [5, 5.41) is 3.23. The molecule has 1 saturated heterocycles. The Morgan fingerprint density at radius 1 is 1.50 bits per heavy atom. The summed E-state index contributed by atoms with van der Waals surface area (Å²) >= 11 is 0. The summed E-state index contributed by atoms with van der Waals surface area (Å²) in [5.41, 5.74) is 1.89. The summed E-state index contributed by atoms with van der Waals surface area (Å²) in [4.78, 5) is 2.25. The van der Waals surface area contributed by atoms with E-state index >= 15 is 0 Å². The first-order valence-corrected chi connectivity index (χ1v) is 5.92. The van der Waals surface area contributed by atoms with E-state index in [2.05, 4.69) is 17.3 Å². The van der Waals surface area contributed by atoms with Gasteiger partial charge in [-0.3, -0.25) is 0 Å². The Bertz CT molecular complexity index is 365. The number of halogens is 1. The number of likely N-dealkylation sites (N-methyl/N-ethyl adjacent to an activating group) is 1. The Morgan fingerprint density at radius 3 is 2.94 bits per heavy atom. The molecule has 1 fully saturated rings. The molecule has 1 aromatic carbocycles. The molecule has 16 heavy (non-hydrogen) atoms. The third-order valence-corrected chi connectivity index (χ3v) is 3.21. The quantitative estimate of drug-likeness (QED) is 0.846. The van der Waals surface area contributed by atoms with Gasteiger partial charge < -0.3 is 10.2 Å². The van der Waals surface area contributed by atoms with Crippen LogP contribution in [0.3, 0.4) is 0 Å². The van der Waals surface area contributed by atoms with E-state index in [1.807, 2.05) is 13.0 Å². The maximum atomic E-state index is 13.7. The van der Waals surface area contributed by atoms with Gasteiger partial charge in [-0.05, 0) is 50.7 Å². The van der Waals surface area contributed by atoms with E-state index in [4.69, 9.17) is 0 Å². The average molecular weight is 222 g/mol. The molecular weight excluding hydrogens is 203 g/mol. The van der Waals surface area contributed by atoms with Gasteiger partial charge in [0.2, 0.25) is 0 Å². The van der Waals surface area contributed by atoms with Crippen molar-refractivity contribution in [3.05, 3.63) is 29.6 Å². The van der Waals surface area contributed by atoms with Gasteiger partial charge in [0.1, 0.15) is 5.82 Å². The number of anilines is 1. The molecule has 3 heteroatoms. The van der Waals surface area contributed by atoms with Crippen LogP contribution in [0.4, 0.5) is 10.1 Å². The van der Waals surface area contributed by atoms with Gasteiger partial charge in [0, 0.05) is 24.7 Å². The highest BCUT2D eigenvalue weighted by Crippen LogP contribution is 2.30. The highest BCUT2D eigenvalue weighted by Gasteiger charge is 2.23. The van der Waals surface area contributed by atoms with Crippen LogP contribution in [0.2, 0.25) is 0 Å². The van der Waals surface area contributed by atoms with Crippen LogP contribution in [-0.4, -0.2) is 31.6 Å². The molecule has 2 rings (SSSR count). The number of rotatable bonds is 3. The maximum absolute atomic E-state index is 13.7. The van der Waals surface area contributed by atoms with Gasteiger partial charge in [-0.25, -0.2) is 4.39 Å². The van der Waals surface area contributed by atoms with E-state index in [-0.39, 0.29) is 5.82 Å². The zero-order valence-electron chi connectivity index (χ0n) is 9.96. The minimum Gasteiger partial charge on any atom is -0.385 e. The maximum Gasteiger partial charge on any atom is 0.126 e. The topological polar surface area (TPSA) is 15.3 Å². The van der Waals surface area contributed by atoms with Crippen LogP contribution in [0.5, 0.6) is 0 Å². The molecule has 1 aliphatic heterocycles. The fraction of sp³-hybridized carbons (Fsp3) is 0.538. The van der Waals surface area contributed by atoms with Gasteiger partial charge in [0.25, 0.3) is 0 Å². The Kier molecular flexibility index (Phi) is 3.44. The molecule has 0 bridgehead atoms. The smallest absolute Gasteiger partial charge is 0.126 e. The van der Waals surface area contributed by atoms with Crippen LogP contribution in [0.1, 0.15) is 24.8 Å². The average Bonchev–Trinajstić information content (AvgIpc) is 2.68. The predicted octanol–water partition coefficient (Wildman–Crippen LogP) is 2.68. The van der Waals surface area contributed by atoms with Crippen molar-refractivity contribution in [3.8, 4) is 0 Å². The van der Waals surface area contributed by atoms with Crippen molar-refractivity contribution in [2.24, 2.45) is 0 Å². The SMILES string of the molecule is CCNc1ccc(F)c(C2CCN(C)C2)c1. The summed E-state index contributed by atoms with van der Waals surface area (Å²) in [6.45, 7) is 4.95. The summed E-state index contributed by atoms with van der Waals surface area (Å²) in [5.74, 6) is 0.283. The number of benzene rings is 1. The number of nitrogens with one attached hydrogen (secondary N) is 1. The summed E-state index contributed by atoms with van der Waals surface area (Å²) < 4.78 is 13.7. The Hall–Kier alpha value is -1.09. The Morgan fingerprint density at radius 2 is 2.31 bits per heavy atom. The van der Waals surface area contributed by atoms with E-state index in [1.165, 1.54) is 0 Å². The zero-order chi connectivity index (χ0) is 11.5. The number of nitrogens with zero attached hydrogens (tertiary/aromatic N) is 1. The lowest BCUT2D eigenvalue weighted by atomic mass is 9.97. The minimum atomic E-state index is -0.0676. The predicted molar refractivity (Wildman–Crippen MR) is 65.4 cm³/mol. The van der Waals surface area contributed by atoms with Gasteiger partial charge in [-0.2, -0.15) is 0 Å². The molecular formula is C13H19FN2. The molecule has 1 aromatic rings. The van der Waals surface area contributed by atoms with Crippen molar-refractivity contribution in [3.63, 3.8) is 0 Å². The zero-order valence-corrected chi connectivity index (χ0v) is 9.96. The lowest BCUT2D eigenvalue weighted by Crippen LogP contribution is -2.14.